The van der Waals surface area contributed by atoms with Gasteiger partial charge in [-0.05, 0) is 29.9 Å². The molecule has 2 N–H and O–H groups in total. The third-order valence-corrected chi connectivity index (χ3v) is 7.19. The molecule has 1 heterocycles. The van der Waals surface area contributed by atoms with Gasteiger partial charge in [-0.1, -0.05) is 79.9 Å². The van der Waals surface area contributed by atoms with Gasteiger partial charge in [-0.15, -0.1) is 10.2 Å². The first-order valence-corrected chi connectivity index (χ1v) is 12.5. The van der Waals surface area contributed by atoms with Crippen LogP contribution in [-0.4, -0.2) is 46.6 Å². The van der Waals surface area contributed by atoms with Crippen molar-refractivity contribution in [3.8, 4) is 0 Å². The van der Waals surface area contributed by atoms with Crippen molar-refractivity contribution in [1.29, 1.82) is 0 Å². The smallest absolute Gasteiger partial charge is 0.230 e. The van der Waals surface area contributed by atoms with Crippen LogP contribution in [0.5, 0.6) is 0 Å². The molecule has 1 aromatic carbocycles. The van der Waals surface area contributed by atoms with Crippen LogP contribution < -0.4 is 10.6 Å². The zero-order valence-electron chi connectivity index (χ0n) is 17.1. The van der Waals surface area contributed by atoms with Gasteiger partial charge in [0.25, 0.3) is 0 Å². The number of hydrogen-bond donors (Lipinski definition) is 2. The summed E-state index contributed by atoms with van der Waals surface area (Å²) in [6, 6.07) is 8.55. The third kappa shape index (κ3) is 9.18. The lowest BCUT2D eigenvalue weighted by Gasteiger charge is -2.07. The van der Waals surface area contributed by atoms with E-state index in [9.17, 15) is 9.59 Å². The summed E-state index contributed by atoms with van der Waals surface area (Å²) in [7, 11) is 0. The molecule has 29 heavy (non-hydrogen) atoms. The van der Waals surface area contributed by atoms with E-state index in [1.807, 2.05) is 6.92 Å². The predicted octanol–water partition coefficient (Wildman–Crippen LogP) is 3.73. The van der Waals surface area contributed by atoms with Crippen LogP contribution in [-0.2, 0) is 16.0 Å². The molecule has 2 amide bonds. The highest BCUT2D eigenvalue weighted by Gasteiger charge is 2.10. The minimum absolute atomic E-state index is 0.000485. The Morgan fingerprint density at radius 1 is 0.966 bits per heavy atom. The van der Waals surface area contributed by atoms with Crippen LogP contribution in [0.15, 0.2) is 32.9 Å². The maximum atomic E-state index is 12.0. The molecule has 2 rings (SSSR count). The Morgan fingerprint density at radius 2 is 1.52 bits per heavy atom. The summed E-state index contributed by atoms with van der Waals surface area (Å²) < 4.78 is 1.48. The normalized spacial score (nSPS) is 10.9. The molecule has 158 valence electrons. The third-order valence-electron chi connectivity index (χ3n) is 4.00. The molecule has 0 aliphatic carbocycles. The Bertz CT molecular complexity index is 778. The number of amides is 2. The zero-order chi connectivity index (χ0) is 21.1. The van der Waals surface area contributed by atoms with Crippen LogP contribution in [0.1, 0.15) is 44.2 Å². The topological polar surface area (TPSA) is 84.0 Å². The molecule has 0 fully saturated rings. The molecule has 0 radical (unpaired) electrons. The highest BCUT2D eigenvalue weighted by Crippen LogP contribution is 2.28. The summed E-state index contributed by atoms with van der Waals surface area (Å²) in [6.45, 7) is 7.68. The molecule has 0 atom stereocenters. The van der Waals surface area contributed by atoms with E-state index in [0.29, 0.717) is 30.5 Å². The van der Waals surface area contributed by atoms with Gasteiger partial charge in [-0.2, -0.15) is 0 Å². The Kier molecular flexibility index (Phi) is 10.5. The molecule has 0 saturated heterocycles. The van der Waals surface area contributed by atoms with Crippen LogP contribution >= 0.6 is 34.9 Å². The first kappa shape index (κ1) is 23.7. The molecule has 9 heteroatoms. The second-order valence-electron chi connectivity index (χ2n) is 6.76. The molecule has 6 nitrogen and oxygen atoms in total. The van der Waals surface area contributed by atoms with Crippen molar-refractivity contribution in [3.05, 3.63) is 35.4 Å². The van der Waals surface area contributed by atoms with Crippen molar-refractivity contribution in [1.82, 2.24) is 20.8 Å². The van der Waals surface area contributed by atoms with Gasteiger partial charge in [-0.3, -0.25) is 9.59 Å². The molecular weight excluding hydrogens is 424 g/mol. The SMILES string of the molecule is CCCNC(=O)CSc1nnc(SCC(=O)NCCc2ccc(C(C)C)cc2)s1. The number of carbonyl (C=O) groups excluding carboxylic acids is 2. The monoisotopic (exact) mass is 452 g/mol. The van der Waals surface area contributed by atoms with Crippen molar-refractivity contribution >= 4 is 46.7 Å². The Balaban J connectivity index is 1.63. The zero-order valence-corrected chi connectivity index (χ0v) is 19.5. The molecule has 0 spiro atoms. The summed E-state index contributed by atoms with van der Waals surface area (Å²) in [6.07, 6.45) is 1.73. The minimum Gasteiger partial charge on any atom is -0.355 e. The molecule has 0 aliphatic heterocycles. The van der Waals surface area contributed by atoms with E-state index < -0.39 is 0 Å². The minimum atomic E-state index is -0.0165. The highest BCUT2D eigenvalue weighted by atomic mass is 32.2. The van der Waals surface area contributed by atoms with E-state index in [0.717, 1.165) is 21.5 Å². The molecule has 0 bridgehead atoms. The Labute approximate surface area is 185 Å². The second-order valence-corrected chi connectivity index (χ2v) is 10.2. The number of nitrogens with one attached hydrogen (secondary N) is 2. The van der Waals surface area contributed by atoms with Gasteiger partial charge in [0.15, 0.2) is 8.68 Å². The number of thioether (sulfide) groups is 2. The lowest BCUT2D eigenvalue weighted by atomic mass is 10.0. The number of carbonyl (C=O) groups is 2. The first-order valence-electron chi connectivity index (χ1n) is 9.69. The van der Waals surface area contributed by atoms with E-state index in [-0.39, 0.29) is 11.8 Å². The summed E-state index contributed by atoms with van der Waals surface area (Å²) in [5.41, 5.74) is 2.54. The molecule has 1 aromatic heterocycles. The fourth-order valence-corrected chi connectivity index (χ4v) is 5.03. The second kappa shape index (κ2) is 12.9. The predicted molar refractivity (Wildman–Crippen MR) is 122 cm³/mol. The maximum absolute atomic E-state index is 12.0. The average molecular weight is 453 g/mol. The lowest BCUT2D eigenvalue weighted by Crippen LogP contribution is -2.27. The molecule has 0 saturated carbocycles. The average Bonchev–Trinajstić information content (AvgIpc) is 3.17. The fourth-order valence-electron chi connectivity index (χ4n) is 2.35. The van der Waals surface area contributed by atoms with Crippen molar-refractivity contribution in [2.75, 3.05) is 24.6 Å². The van der Waals surface area contributed by atoms with Crippen LogP contribution in [0.25, 0.3) is 0 Å². The van der Waals surface area contributed by atoms with Gasteiger partial charge < -0.3 is 10.6 Å². The Morgan fingerprint density at radius 3 is 2.03 bits per heavy atom. The lowest BCUT2D eigenvalue weighted by molar-refractivity contribution is -0.119. The van der Waals surface area contributed by atoms with Gasteiger partial charge in [-0.25, -0.2) is 0 Å². The van der Waals surface area contributed by atoms with Crippen molar-refractivity contribution in [2.24, 2.45) is 0 Å². The van der Waals surface area contributed by atoms with Crippen LogP contribution in [0.4, 0.5) is 0 Å². The standard InChI is InChI=1S/C20H28N4O2S3/c1-4-10-21-17(25)12-27-19-23-24-20(29-19)28-13-18(26)22-11-9-15-5-7-16(8-6-15)14(2)3/h5-8,14H,4,9-13H2,1-3H3,(H,21,25)(H,22,26). The summed E-state index contributed by atoms with van der Waals surface area (Å²) in [5.74, 6) is 1.15. The van der Waals surface area contributed by atoms with Crippen molar-refractivity contribution in [2.45, 2.75) is 48.2 Å². The van der Waals surface area contributed by atoms with E-state index in [1.165, 1.54) is 46.0 Å². The van der Waals surface area contributed by atoms with Crippen molar-refractivity contribution in [3.63, 3.8) is 0 Å². The summed E-state index contributed by atoms with van der Waals surface area (Å²) in [5, 5.41) is 13.9. The molecule has 2 aromatic rings. The number of rotatable bonds is 12. The largest absolute Gasteiger partial charge is 0.355 e. The van der Waals surface area contributed by atoms with E-state index in [4.69, 9.17) is 0 Å². The number of aromatic nitrogens is 2. The van der Waals surface area contributed by atoms with Crippen LogP contribution in [0.2, 0.25) is 0 Å². The van der Waals surface area contributed by atoms with Gasteiger partial charge in [0.05, 0.1) is 11.5 Å². The fraction of sp³-hybridized carbons (Fsp3) is 0.500. The van der Waals surface area contributed by atoms with Crippen LogP contribution in [0.3, 0.4) is 0 Å². The van der Waals surface area contributed by atoms with E-state index in [1.54, 1.807) is 0 Å². The van der Waals surface area contributed by atoms with Gasteiger partial charge in [0.1, 0.15) is 0 Å². The van der Waals surface area contributed by atoms with Gasteiger partial charge >= 0.3 is 0 Å². The van der Waals surface area contributed by atoms with Gasteiger partial charge in [0, 0.05) is 13.1 Å². The van der Waals surface area contributed by atoms with E-state index >= 15 is 0 Å². The quantitative estimate of drug-likeness (QED) is 0.478. The van der Waals surface area contributed by atoms with Gasteiger partial charge in [0.2, 0.25) is 11.8 Å². The number of nitrogens with zero attached hydrogens (tertiary/aromatic N) is 2. The first-order chi connectivity index (χ1) is 14.0. The van der Waals surface area contributed by atoms with E-state index in [2.05, 4.69) is 58.9 Å². The number of benzene rings is 1. The molecule has 0 unspecified atom stereocenters. The Hall–Kier alpha value is -1.58. The highest BCUT2D eigenvalue weighted by molar-refractivity contribution is 8.03. The molecular formula is C20H28N4O2S3. The number of hydrogen-bond acceptors (Lipinski definition) is 7. The van der Waals surface area contributed by atoms with Crippen molar-refractivity contribution < 1.29 is 9.59 Å². The summed E-state index contributed by atoms with van der Waals surface area (Å²) >= 11 is 4.14. The maximum Gasteiger partial charge on any atom is 0.230 e. The molecule has 0 aliphatic rings. The summed E-state index contributed by atoms with van der Waals surface area (Å²) in [4.78, 5) is 23.7. The van der Waals surface area contributed by atoms with Crippen LogP contribution in [0, 0.1) is 0 Å².